The number of fused-ring (bicyclic) bond motifs is 2. The van der Waals surface area contributed by atoms with Crippen molar-refractivity contribution < 1.29 is 9.53 Å². The number of carbonyl (C=O) groups excluding carboxylic acids is 1. The number of ether oxygens (including phenoxy) is 1. The molecule has 2 aliphatic rings. The van der Waals surface area contributed by atoms with Crippen molar-refractivity contribution in [2.45, 2.75) is 19.3 Å². The number of Topliss-reactive ketones (excluding diaryl/α,β-unsaturated/α-hetero) is 1. The Hall–Kier alpha value is -1.80. The lowest BCUT2D eigenvalue weighted by molar-refractivity contribution is 0.0936. The molecule has 0 saturated carbocycles. The highest BCUT2D eigenvalue weighted by molar-refractivity contribution is 6.30. The van der Waals surface area contributed by atoms with Gasteiger partial charge in [-0.05, 0) is 41.7 Å². The van der Waals surface area contributed by atoms with Crippen LogP contribution in [0.4, 0.5) is 0 Å². The zero-order chi connectivity index (χ0) is 14.4. The maximum absolute atomic E-state index is 12.5. The third-order valence-corrected chi connectivity index (χ3v) is 4.63. The molecule has 0 aromatic heterocycles. The second kappa shape index (κ2) is 4.88. The molecule has 106 valence electrons. The van der Waals surface area contributed by atoms with E-state index in [-0.39, 0.29) is 11.7 Å². The number of ketones is 1. The molecular formula is C18H15ClO2. The quantitative estimate of drug-likeness (QED) is 0.841. The van der Waals surface area contributed by atoms with Crippen LogP contribution < -0.4 is 4.74 Å². The summed E-state index contributed by atoms with van der Waals surface area (Å²) in [6.07, 6.45) is 2.43. The highest BCUT2D eigenvalue weighted by Crippen LogP contribution is 2.37. The second-order valence-corrected chi connectivity index (χ2v) is 6.21. The lowest BCUT2D eigenvalue weighted by atomic mass is 9.94. The smallest absolute Gasteiger partial charge is 0.166 e. The topological polar surface area (TPSA) is 26.3 Å². The average Bonchev–Trinajstić information content (AvgIpc) is 3.05. The fourth-order valence-corrected chi connectivity index (χ4v) is 3.71. The van der Waals surface area contributed by atoms with Gasteiger partial charge in [-0.15, -0.1) is 0 Å². The molecule has 0 bridgehead atoms. The van der Waals surface area contributed by atoms with Gasteiger partial charge in [0.25, 0.3) is 0 Å². The molecule has 0 spiro atoms. The number of carbonyl (C=O) groups is 1. The van der Waals surface area contributed by atoms with Gasteiger partial charge in [-0.1, -0.05) is 35.9 Å². The second-order valence-electron chi connectivity index (χ2n) is 5.78. The third-order valence-electron chi connectivity index (χ3n) is 4.41. The van der Waals surface area contributed by atoms with Crippen LogP contribution in [-0.2, 0) is 19.3 Å². The molecule has 0 fully saturated rings. The van der Waals surface area contributed by atoms with Crippen molar-refractivity contribution in [3.63, 3.8) is 0 Å². The van der Waals surface area contributed by atoms with E-state index in [2.05, 4.69) is 0 Å². The van der Waals surface area contributed by atoms with Gasteiger partial charge >= 0.3 is 0 Å². The van der Waals surface area contributed by atoms with Crippen molar-refractivity contribution in [1.29, 1.82) is 0 Å². The predicted molar refractivity (Wildman–Crippen MR) is 82.3 cm³/mol. The van der Waals surface area contributed by atoms with Crippen LogP contribution in [0.2, 0.25) is 5.02 Å². The van der Waals surface area contributed by atoms with E-state index in [0.717, 1.165) is 40.3 Å². The van der Waals surface area contributed by atoms with E-state index < -0.39 is 0 Å². The van der Waals surface area contributed by atoms with Crippen LogP contribution in [0.15, 0.2) is 36.4 Å². The van der Waals surface area contributed by atoms with Crippen molar-refractivity contribution in [3.8, 4) is 5.75 Å². The first-order valence-electron chi connectivity index (χ1n) is 7.28. The molecule has 2 aromatic carbocycles. The van der Waals surface area contributed by atoms with Gasteiger partial charge in [-0.2, -0.15) is 0 Å². The molecule has 2 nitrogen and oxygen atoms in total. The largest absolute Gasteiger partial charge is 0.493 e. The van der Waals surface area contributed by atoms with Crippen LogP contribution in [-0.4, -0.2) is 12.4 Å². The van der Waals surface area contributed by atoms with E-state index in [0.29, 0.717) is 13.0 Å². The van der Waals surface area contributed by atoms with Gasteiger partial charge in [0.15, 0.2) is 5.78 Å². The number of hydrogen-bond acceptors (Lipinski definition) is 2. The summed E-state index contributed by atoms with van der Waals surface area (Å²) in [6, 6.07) is 11.8. The van der Waals surface area contributed by atoms with Gasteiger partial charge in [0.2, 0.25) is 0 Å². The highest BCUT2D eigenvalue weighted by Gasteiger charge is 2.31. The fourth-order valence-electron chi connectivity index (χ4n) is 3.44. The van der Waals surface area contributed by atoms with Crippen LogP contribution >= 0.6 is 11.6 Å². The lowest BCUT2D eigenvalue weighted by Crippen LogP contribution is -2.12. The summed E-state index contributed by atoms with van der Waals surface area (Å²) in [5.74, 6) is 1.20. The predicted octanol–water partition coefficient (Wildman–Crippen LogP) is 3.87. The normalized spacial score (nSPS) is 19.3. The molecule has 4 rings (SSSR count). The molecule has 1 unspecified atom stereocenters. The molecule has 0 amide bonds. The van der Waals surface area contributed by atoms with Crippen LogP contribution in [0, 0.1) is 5.92 Å². The van der Waals surface area contributed by atoms with Crippen molar-refractivity contribution in [2.75, 3.05) is 6.61 Å². The number of halogens is 1. The lowest BCUT2D eigenvalue weighted by Gasteiger charge is -2.12. The Bertz CT molecular complexity index is 736. The minimum atomic E-state index is 0.00849. The van der Waals surface area contributed by atoms with Gasteiger partial charge in [0.1, 0.15) is 5.75 Å². The van der Waals surface area contributed by atoms with Crippen LogP contribution in [0.3, 0.4) is 0 Å². The van der Waals surface area contributed by atoms with E-state index in [9.17, 15) is 4.79 Å². The van der Waals surface area contributed by atoms with Gasteiger partial charge in [0, 0.05) is 22.9 Å². The molecule has 0 saturated heterocycles. The van der Waals surface area contributed by atoms with Gasteiger partial charge in [-0.3, -0.25) is 4.79 Å². The Morgan fingerprint density at radius 2 is 2.05 bits per heavy atom. The fraction of sp³-hybridized carbons (Fsp3) is 0.278. The van der Waals surface area contributed by atoms with Crippen LogP contribution in [0.25, 0.3) is 0 Å². The minimum Gasteiger partial charge on any atom is -0.493 e. The van der Waals surface area contributed by atoms with Crippen LogP contribution in [0.1, 0.15) is 27.0 Å². The molecule has 0 radical (unpaired) electrons. The van der Waals surface area contributed by atoms with E-state index in [1.165, 1.54) is 5.56 Å². The first-order chi connectivity index (χ1) is 10.2. The van der Waals surface area contributed by atoms with Gasteiger partial charge < -0.3 is 4.74 Å². The average molecular weight is 299 g/mol. The summed E-state index contributed by atoms with van der Waals surface area (Å²) in [4.78, 5) is 12.5. The Kier molecular flexibility index (Phi) is 3.00. The molecular weight excluding hydrogens is 284 g/mol. The summed E-state index contributed by atoms with van der Waals surface area (Å²) >= 11 is 6.20. The number of rotatable bonds is 2. The summed E-state index contributed by atoms with van der Waals surface area (Å²) in [5.41, 5.74) is 4.27. The van der Waals surface area contributed by atoms with Crippen molar-refractivity contribution in [3.05, 3.63) is 63.7 Å². The number of hydrogen-bond donors (Lipinski definition) is 0. The highest BCUT2D eigenvalue weighted by atomic mass is 35.5. The monoisotopic (exact) mass is 298 g/mol. The molecule has 1 aliphatic carbocycles. The summed E-state index contributed by atoms with van der Waals surface area (Å²) in [6.45, 7) is 0.710. The first kappa shape index (κ1) is 12.9. The summed E-state index contributed by atoms with van der Waals surface area (Å²) in [5, 5.41) is 0.734. The number of benzene rings is 2. The first-order valence-corrected chi connectivity index (χ1v) is 7.66. The Morgan fingerprint density at radius 1 is 1.19 bits per heavy atom. The molecule has 1 atom stereocenters. The maximum atomic E-state index is 12.5. The van der Waals surface area contributed by atoms with Crippen molar-refractivity contribution in [2.24, 2.45) is 5.92 Å². The summed E-state index contributed by atoms with van der Waals surface area (Å²) in [7, 11) is 0. The molecule has 1 heterocycles. The van der Waals surface area contributed by atoms with E-state index in [1.54, 1.807) is 0 Å². The molecule has 1 aliphatic heterocycles. The van der Waals surface area contributed by atoms with Crippen molar-refractivity contribution >= 4 is 17.4 Å². The van der Waals surface area contributed by atoms with E-state index in [1.807, 2.05) is 36.4 Å². The Balaban J connectivity index is 1.66. The molecule has 2 aromatic rings. The molecule has 3 heteroatoms. The maximum Gasteiger partial charge on any atom is 0.166 e. The zero-order valence-electron chi connectivity index (χ0n) is 11.6. The standard InChI is InChI=1S/C18H15ClO2/c19-15-9-12-5-6-21-18(12)14(10-15)8-13-7-11-3-1-2-4-16(11)17(13)20/h1-4,9-10,13H,5-8H2. The van der Waals surface area contributed by atoms with Crippen LogP contribution in [0.5, 0.6) is 5.75 Å². The Labute approximate surface area is 128 Å². The molecule has 0 N–H and O–H groups in total. The van der Waals surface area contributed by atoms with Gasteiger partial charge in [0.05, 0.1) is 6.61 Å². The summed E-state index contributed by atoms with van der Waals surface area (Å²) < 4.78 is 5.74. The minimum absolute atomic E-state index is 0.00849. The Morgan fingerprint density at radius 3 is 2.90 bits per heavy atom. The van der Waals surface area contributed by atoms with Crippen molar-refractivity contribution in [1.82, 2.24) is 0 Å². The van der Waals surface area contributed by atoms with E-state index in [4.69, 9.17) is 16.3 Å². The van der Waals surface area contributed by atoms with Gasteiger partial charge in [-0.25, -0.2) is 0 Å². The molecule has 21 heavy (non-hydrogen) atoms. The van der Waals surface area contributed by atoms with E-state index >= 15 is 0 Å². The SMILES string of the molecule is O=C1c2ccccc2CC1Cc1cc(Cl)cc2c1OCC2. The zero-order valence-corrected chi connectivity index (χ0v) is 12.3. The third kappa shape index (κ3) is 2.14.